The molecule has 0 spiro atoms. The van der Waals surface area contributed by atoms with Crippen molar-refractivity contribution in [3.63, 3.8) is 0 Å². The molecular weight excluding hydrogens is 777 g/mol. The van der Waals surface area contributed by atoms with Crippen LogP contribution in [0.1, 0.15) is 64.3 Å². The van der Waals surface area contributed by atoms with Gasteiger partial charge in [-0.1, -0.05) is 158 Å². The fourth-order valence-corrected chi connectivity index (χ4v) is 7.55. The van der Waals surface area contributed by atoms with Gasteiger partial charge in [-0.15, -0.1) is 0 Å². The van der Waals surface area contributed by atoms with E-state index in [2.05, 4.69) is 0 Å². The Labute approximate surface area is 363 Å². The molecule has 8 heteroatoms. The third-order valence-electron chi connectivity index (χ3n) is 10.6. The third kappa shape index (κ3) is 11.0. The van der Waals surface area contributed by atoms with Crippen LogP contribution in [0.4, 0.5) is 0 Å². The summed E-state index contributed by atoms with van der Waals surface area (Å²) in [5, 5.41) is 0. The predicted octanol–water partition coefficient (Wildman–Crippen LogP) is 11.8. The van der Waals surface area contributed by atoms with Gasteiger partial charge in [0.1, 0.15) is 49.8 Å². The van der Waals surface area contributed by atoms with Crippen LogP contribution in [0.25, 0.3) is 0 Å². The third-order valence-corrected chi connectivity index (χ3v) is 10.6. The van der Waals surface area contributed by atoms with Crippen molar-refractivity contribution in [1.82, 2.24) is 0 Å². The number of carbonyl (C=O) groups excluding carboxylic acids is 1. The van der Waals surface area contributed by atoms with Gasteiger partial charge in [0.05, 0.1) is 19.6 Å². The maximum Gasteiger partial charge on any atom is 0.306 e. The highest BCUT2D eigenvalue weighted by Gasteiger charge is 2.44. The Morgan fingerprint density at radius 3 is 1.48 bits per heavy atom. The predicted molar refractivity (Wildman–Crippen MR) is 238 cm³/mol. The van der Waals surface area contributed by atoms with E-state index in [4.69, 9.17) is 33.2 Å². The van der Waals surface area contributed by atoms with Crippen LogP contribution in [0, 0.1) is 0 Å². The van der Waals surface area contributed by atoms with Crippen LogP contribution in [-0.4, -0.2) is 18.7 Å². The fourth-order valence-electron chi connectivity index (χ4n) is 7.55. The summed E-state index contributed by atoms with van der Waals surface area (Å²) in [5.41, 5.74) is 6.52. The molecule has 0 saturated heterocycles. The molecule has 1 aliphatic rings. The van der Waals surface area contributed by atoms with Crippen LogP contribution in [-0.2, 0) is 47.3 Å². The quantitative estimate of drug-likeness (QED) is 0.0746. The van der Waals surface area contributed by atoms with Crippen LogP contribution in [0.15, 0.2) is 182 Å². The summed E-state index contributed by atoms with van der Waals surface area (Å²) in [5.74, 6) is 1.84. The zero-order chi connectivity index (χ0) is 42.4. The van der Waals surface area contributed by atoms with E-state index >= 15 is 0 Å². The van der Waals surface area contributed by atoms with E-state index in [1.807, 2.05) is 189 Å². The normalized spacial score (nSPS) is 15.4. The molecule has 0 bridgehead atoms. The number of ether oxygens (including phenoxy) is 7. The van der Waals surface area contributed by atoms with Crippen LogP contribution < -0.4 is 23.7 Å². The van der Waals surface area contributed by atoms with E-state index in [9.17, 15) is 4.79 Å². The minimum atomic E-state index is -0.709. The zero-order valence-corrected chi connectivity index (χ0v) is 34.8. The lowest BCUT2D eigenvalue weighted by Gasteiger charge is -2.40. The molecule has 0 fully saturated rings. The van der Waals surface area contributed by atoms with Gasteiger partial charge in [-0.3, -0.25) is 4.79 Å². The molecule has 0 N–H and O–H groups in total. The lowest BCUT2D eigenvalue weighted by atomic mass is 9.81. The van der Waals surface area contributed by atoms with E-state index < -0.39 is 18.1 Å². The van der Waals surface area contributed by atoms with Crippen molar-refractivity contribution in [2.75, 3.05) is 6.61 Å². The molecular formula is C54H50O8. The molecule has 7 aromatic carbocycles. The summed E-state index contributed by atoms with van der Waals surface area (Å²) in [6, 6.07) is 59.6. The molecule has 8 nitrogen and oxygen atoms in total. The number of hydrogen-bond donors (Lipinski definition) is 0. The Bertz CT molecular complexity index is 2460. The van der Waals surface area contributed by atoms with Crippen LogP contribution in [0.5, 0.6) is 28.7 Å². The molecule has 314 valence electrons. The van der Waals surface area contributed by atoms with Crippen molar-refractivity contribution in [2.45, 2.75) is 64.5 Å². The van der Waals surface area contributed by atoms with E-state index in [1.54, 1.807) is 0 Å². The van der Waals surface area contributed by atoms with Gasteiger partial charge in [-0.05, 0) is 52.4 Å². The van der Waals surface area contributed by atoms with Gasteiger partial charge in [0.15, 0.2) is 17.6 Å². The summed E-state index contributed by atoms with van der Waals surface area (Å²) in [6.45, 7) is 3.63. The van der Waals surface area contributed by atoms with Crippen molar-refractivity contribution in [3.8, 4) is 28.7 Å². The SMILES string of the molecule is CCOC(=O)C[C@@H]1c2c(OCc3ccccc3)cc(OCc3ccccc3)cc2O[C@H](c2ccc(OCc3ccccc3)c(OCc3ccccc3)c2)[C@@H]1OCc1ccccc1. The summed E-state index contributed by atoms with van der Waals surface area (Å²) in [4.78, 5) is 13.7. The van der Waals surface area contributed by atoms with Crippen LogP contribution in [0.2, 0.25) is 0 Å². The summed E-state index contributed by atoms with van der Waals surface area (Å²) in [7, 11) is 0. The number of fused-ring (bicyclic) bond motifs is 1. The second kappa shape index (κ2) is 21.0. The largest absolute Gasteiger partial charge is 0.489 e. The first-order chi connectivity index (χ1) is 30.6. The topological polar surface area (TPSA) is 81.7 Å². The number of benzene rings is 7. The van der Waals surface area contributed by atoms with Gasteiger partial charge in [-0.2, -0.15) is 0 Å². The van der Waals surface area contributed by atoms with Crippen molar-refractivity contribution in [2.24, 2.45) is 0 Å². The monoisotopic (exact) mass is 826 g/mol. The Morgan fingerprint density at radius 1 is 0.500 bits per heavy atom. The molecule has 0 unspecified atom stereocenters. The first-order valence-electron chi connectivity index (χ1n) is 21.1. The van der Waals surface area contributed by atoms with E-state index in [0.717, 1.165) is 33.4 Å². The molecule has 0 aromatic heterocycles. The Kier molecular flexibility index (Phi) is 14.1. The summed E-state index contributed by atoms with van der Waals surface area (Å²) >= 11 is 0. The molecule has 0 aliphatic carbocycles. The summed E-state index contributed by atoms with van der Waals surface area (Å²) in [6.07, 6.45) is -1.37. The second-order valence-electron chi connectivity index (χ2n) is 15.1. The lowest BCUT2D eigenvalue weighted by molar-refractivity contribution is -0.146. The van der Waals surface area contributed by atoms with Gasteiger partial charge in [-0.25, -0.2) is 0 Å². The Morgan fingerprint density at radius 2 is 0.968 bits per heavy atom. The van der Waals surface area contributed by atoms with Gasteiger partial charge in [0.2, 0.25) is 0 Å². The molecule has 1 aliphatic heterocycles. The molecule has 3 atom stereocenters. The van der Waals surface area contributed by atoms with Crippen molar-refractivity contribution in [1.29, 1.82) is 0 Å². The molecule has 0 amide bonds. The van der Waals surface area contributed by atoms with Crippen molar-refractivity contribution < 1.29 is 38.0 Å². The van der Waals surface area contributed by atoms with E-state index in [1.165, 1.54) is 0 Å². The molecule has 7 aromatic rings. The van der Waals surface area contributed by atoms with Crippen molar-refractivity contribution in [3.05, 3.63) is 221 Å². The highest BCUT2D eigenvalue weighted by atomic mass is 16.6. The number of hydrogen-bond acceptors (Lipinski definition) is 8. The van der Waals surface area contributed by atoms with Crippen LogP contribution >= 0.6 is 0 Å². The minimum absolute atomic E-state index is 0.0156. The van der Waals surface area contributed by atoms with Gasteiger partial charge >= 0.3 is 5.97 Å². The molecule has 0 radical (unpaired) electrons. The van der Waals surface area contributed by atoms with Gasteiger partial charge < -0.3 is 33.2 Å². The number of carbonyl (C=O) groups is 1. The van der Waals surface area contributed by atoms with Gasteiger partial charge in [0.25, 0.3) is 0 Å². The highest BCUT2D eigenvalue weighted by Crippen LogP contribution is 2.52. The van der Waals surface area contributed by atoms with Gasteiger partial charge in [0, 0.05) is 23.6 Å². The molecule has 1 heterocycles. The first-order valence-corrected chi connectivity index (χ1v) is 21.1. The average molecular weight is 827 g/mol. The highest BCUT2D eigenvalue weighted by molar-refractivity contribution is 5.72. The van der Waals surface area contributed by atoms with E-state index in [-0.39, 0.29) is 32.2 Å². The second-order valence-corrected chi connectivity index (χ2v) is 15.1. The Balaban J connectivity index is 1.22. The fraction of sp³-hybridized carbons (Fsp3) is 0.204. The van der Waals surface area contributed by atoms with Crippen molar-refractivity contribution >= 4 is 5.97 Å². The molecule has 8 rings (SSSR count). The standard InChI is InChI=1S/C54H50O8/c1-2-56-51(55)33-46-52-49(60-37-42-24-14-6-15-25-42)31-45(57-34-39-18-8-3-9-19-39)32-50(52)62-53(54(46)61-38-43-26-16-7-17-27-43)44-28-29-47(58-35-40-20-10-4-11-21-40)48(30-44)59-36-41-22-12-5-13-23-41/h3-32,46,53-54H,2,33-38H2,1H3/t46-,53-,54-/m1/s1. The number of esters is 1. The minimum Gasteiger partial charge on any atom is -0.489 e. The lowest BCUT2D eigenvalue weighted by Crippen LogP contribution is -2.38. The smallest absolute Gasteiger partial charge is 0.306 e. The number of rotatable bonds is 19. The van der Waals surface area contributed by atoms with Crippen LogP contribution in [0.3, 0.4) is 0 Å². The molecule has 62 heavy (non-hydrogen) atoms. The maximum atomic E-state index is 13.7. The summed E-state index contributed by atoms with van der Waals surface area (Å²) < 4.78 is 45.8. The average Bonchev–Trinajstić information content (AvgIpc) is 3.32. The zero-order valence-electron chi connectivity index (χ0n) is 34.8. The maximum absolute atomic E-state index is 13.7. The first kappa shape index (κ1) is 41.7. The Hall–Kier alpha value is -7.03. The molecule has 0 saturated carbocycles. The van der Waals surface area contributed by atoms with E-state index in [0.29, 0.717) is 54.1 Å².